The lowest BCUT2D eigenvalue weighted by molar-refractivity contribution is 0.0866. The number of pyridine rings is 1. The van der Waals surface area contributed by atoms with Crippen molar-refractivity contribution in [3.05, 3.63) is 35.9 Å². The molecular formula is C16H21N3O3. The van der Waals surface area contributed by atoms with Gasteiger partial charge in [0.15, 0.2) is 5.69 Å². The molecule has 118 valence electrons. The number of rotatable bonds is 8. The summed E-state index contributed by atoms with van der Waals surface area (Å²) in [5.41, 5.74) is 1.36. The third-order valence-electron chi connectivity index (χ3n) is 3.72. The van der Waals surface area contributed by atoms with Gasteiger partial charge in [-0.1, -0.05) is 6.07 Å². The normalized spacial score (nSPS) is 14.4. The summed E-state index contributed by atoms with van der Waals surface area (Å²) in [6.07, 6.45) is 4.98. The van der Waals surface area contributed by atoms with Gasteiger partial charge in [-0.15, -0.1) is 0 Å². The van der Waals surface area contributed by atoms with Gasteiger partial charge in [0.25, 0.3) is 5.91 Å². The average Bonchev–Trinajstić information content (AvgIpc) is 3.31. The molecule has 0 bridgehead atoms. The molecule has 6 nitrogen and oxygen atoms in total. The predicted octanol–water partition coefficient (Wildman–Crippen LogP) is 1.34. The molecule has 0 spiro atoms. The summed E-state index contributed by atoms with van der Waals surface area (Å²) in [4.78, 5) is 16.9. The zero-order chi connectivity index (χ0) is 15.4. The standard InChI is InChI=1S/C16H21N3O3/c20-9-11-22-10-3-7-17-16(21)14-13-4-1-2-8-19(13)15(18-14)12-5-6-12/h1-2,4,8,12,20H,3,5-7,9-11H2,(H,17,21). The van der Waals surface area contributed by atoms with Crippen LogP contribution in [0.15, 0.2) is 24.4 Å². The van der Waals surface area contributed by atoms with Gasteiger partial charge >= 0.3 is 0 Å². The zero-order valence-corrected chi connectivity index (χ0v) is 12.5. The maximum absolute atomic E-state index is 12.3. The minimum Gasteiger partial charge on any atom is -0.394 e. The Hall–Kier alpha value is -1.92. The van der Waals surface area contributed by atoms with Crippen molar-refractivity contribution in [3.63, 3.8) is 0 Å². The molecule has 0 aliphatic heterocycles. The van der Waals surface area contributed by atoms with Crippen LogP contribution in [0.5, 0.6) is 0 Å². The highest BCUT2D eigenvalue weighted by Crippen LogP contribution is 2.39. The van der Waals surface area contributed by atoms with Crippen LogP contribution in [-0.2, 0) is 4.74 Å². The first kappa shape index (κ1) is 15.0. The summed E-state index contributed by atoms with van der Waals surface area (Å²) in [6, 6.07) is 5.81. The van der Waals surface area contributed by atoms with Crippen molar-refractivity contribution in [1.82, 2.24) is 14.7 Å². The van der Waals surface area contributed by atoms with E-state index >= 15 is 0 Å². The van der Waals surface area contributed by atoms with E-state index in [1.807, 2.05) is 28.8 Å². The van der Waals surface area contributed by atoms with Crippen LogP contribution in [-0.4, -0.2) is 46.8 Å². The molecule has 0 unspecified atom stereocenters. The van der Waals surface area contributed by atoms with Gasteiger partial charge in [0.1, 0.15) is 5.82 Å². The van der Waals surface area contributed by atoms with Crippen molar-refractivity contribution in [1.29, 1.82) is 0 Å². The molecule has 0 atom stereocenters. The van der Waals surface area contributed by atoms with E-state index in [0.717, 1.165) is 24.2 Å². The highest BCUT2D eigenvalue weighted by atomic mass is 16.5. The molecule has 1 aliphatic carbocycles. The van der Waals surface area contributed by atoms with Crippen molar-refractivity contribution in [2.45, 2.75) is 25.2 Å². The quantitative estimate of drug-likeness (QED) is 0.722. The number of fused-ring (bicyclic) bond motifs is 1. The minimum atomic E-state index is -0.141. The lowest BCUT2D eigenvalue weighted by Crippen LogP contribution is -2.26. The van der Waals surface area contributed by atoms with E-state index in [1.165, 1.54) is 0 Å². The first-order chi connectivity index (χ1) is 10.8. The number of hydrogen-bond acceptors (Lipinski definition) is 4. The van der Waals surface area contributed by atoms with E-state index in [4.69, 9.17) is 9.84 Å². The highest BCUT2D eigenvalue weighted by molar-refractivity contribution is 5.99. The molecular weight excluding hydrogens is 282 g/mol. The van der Waals surface area contributed by atoms with Gasteiger partial charge < -0.3 is 19.6 Å². The summed E-state index contributed by atoms with van der Waals surface area (Å²) in [7, 11) is 0. The van der Waals surface area contributed by atoms with E-state index < -0.39 is 0 Å². The van der Waals surface area contributed by atoms with E-state index in [0.29, 0.717) is 37.8 Å². The van der Waals surface area contributed by atoms with Crippen LogP contribution in [0.2, 0.25) is 0 Å². The number of ether oxygens (including phenoxy) is 1. The van der Waals surface area contributed by atoms with Crippen LogP contribution in [0.25, 0.3) is 5.52 Å². The van der Waals surface area contributed by atoms with Gasteiger partial charge in [0.05, 0.1) is 18.7 Å². The number of aliphatic hydroxyl groups is 1. The second kappa shape index (κ2) is 6.89. The number of amides is 1. The molecule has 0 aromatic carbocycles. The second-order valence-corrected chi connectivity index (χ2v) is 5.49. The third-order valence-corrected chi connectivity index (χ3v) is 3.72. The van der Waals surface area contributed by atoms with E-state index in [2.05, 4.69) is 10.3 Å². The van der Waals surface area contributed by atoms with Gasteiger partial charge in [-0.2, -0.15) is 0 Å². The third kappa shape index (κ3) is 3.28. The lowest BCUT2D eigenvalue weighted by Gasteiger charge is -2.04. The maximum Gasteiger partial charge on any atom is 0.272 e. The molecule has 2 aromatic heterocycles. The summed E-state index contributed by atoms with van der Waals surface area (Å²) >= 11 is 0. The van der Waals surface area contributed by atoms with Crippen LogP contribution in [0.1, 0.15) is 41.5 Å². The van der Waals surface area contributed by atoms with Crippen LogP contribution in [0, 0.1) is 0 Å². The van der Waals surface area contributed by atoms with Crippen LogP contribution in [0.4, 0.5) is 0 Å². The first-order valence-electron chi connectivity index (χ1n) is 7.75. The van der Waals surface area contributed by atoms with Crippen molar-refractivity contribution in [2.75, 3.05) is 26.4 Å². The molecule has 2 N–H and O–H groups in total. The van der Waals surface area contributed by atoms with Crippen molar-refractivity contribution < 1.29 is 14.6 Å². The van der Waals surface area contributed by atoms with Gasteiger partial charge in [-0.3, -0.25) is 4.79 Å². The molecule has 1 fully saturated rings. The number of carbonyl (C=O) groups is 1. The molecule has 2 heterocycles. The largest absolute Gasteiger partial charge is 0.394 e. The average molecular weight is 303 g/mol. The molecule has 22 heavy (non-hydrogen) atoms. The fourth-order valence-electron chi connectivity index (χ4n) is 2.48. The SMILES string of the molecule is O=C(NCCCOCCO)c1nc(C2CC2)n2ccccc12. The van der Waals surface area contributed by atoms with Crippen molar-refractivity contribution >= 4 is 11.4 Å². The molecule has 0 radical (unpaired) electrons. The number of nitrogens with one attached hydrogen (secondary N) is 1. The molecule has 1 saturated carbocycles. The maximum atomic E-state index is 12.3. The topological polar surface area (TPSA) is 75.9 Å². The number of nitrogens with zero attached hydrogens (tertiary/aromatic N) is 2. The molecule has 0 saturated heterocycles. The summed E-state index contributed by atoms with van der Waals surface area (Å²) in [6.45, 7) is 1.42. The zero-order valence-electron chi connectivity index (χ0n) is 12.5. The number of aliphatic hydroxyl groups excluding tert-OH is 1. The highest BCUT2D eigenvalue weighted by Gasteiger charge is 2.30. The number of carbonyl (C=O) groups excluding carboxylic acids is 1. The van der Waals surface area contributed by atoms with Gasteiger partial charge in [0.2, 0.25) is 0 Å². The Balaban J connectivity index is 1.64. The monoisotopic (exact) mass is 303 g/mol. The van der Waals surface area contributed by atoms with E-state index in [1.54, 1.807) is 0 Å². The lowest BCUT2D eigenvalue weighted by atomic mass is 10.3. The van der Waals surface area contributed by atoms with Crippen molar-refractivity contribution in [2.24, 2.45) is 0 Å². The summed E-state index contributed by atoms with van der Waals surface area (Å²) in [5, 5.41) is 11.5. The van der Waals surface area contributed by atoms with Gasteiger partial charge in [-0.25, -0.2) is 4.98 Å². The Morgan fingerprint density at radius 2 is 2.27 bits per heavy atom. The first-order valence-corrected chi connectivity index (χ1v) is 7.75. The Labute approximate surface area is 129 Å². The minimum absolute atomic E-state index is 0.0248. The molecule has 6 heteroatoms. The van der Waals surface area contributed by atoms with Crippen LogP contribution >= 0.6 is 0 Å². The fraction of sp³-hybridized carbons (Fsp3) is 0.500. The molecule has 3 rings (SSSR count). The predicted molar refractivity (Wildman–Crippen MR) is 82.0 cm³/mol. The second-order valence-electron chi connectivity index (χ2n) is 5.49. The van der Waals surface area contributed by atoms with Crippen LogP contribution < -0.4 is 5.32 Å². The van der Waals surface area contributed by atoms with Crippen LogP contribution in [0.3, 0.4) is 0 Å². The Morgan fingerprint density at radius 3 is 3.05 bits per heavy atom. The van der Waals surface area contributed by atoms with Gasteiger partial charge in [-0.05, 0) is 31.4 Å². The Bertz CT molecular complexity index is 649. The molecule has 1 aliphatic rings. The van der Waals surface area contributed by atoms with E-state index in [-0.39, 0.29) is 12.5 Å². The number of imidazole rings is 1. The van der Waals surface area contributed by atoms with E-state index in [9.17, 15) is 4.79 Å². The smallest absolute Gasteiger partial charge is 0.272 e. The fourth-order valence-corrected chi connectivity index (χ4v) is 2.48. The summed E-state index contributed by atoms with van der Waals surface area (Å²) in [5.74, 6) is 1.34. The number of hydrogen-bond donors (Lipinski definition) is 2. The summed E-state index contributed by atoms with van der Waals surface area (Å²) < 4.78 is 7.19. The van der Waals surface area contributed by atoms with Gasteiger partial charge in [0, 0.05) is 25.3 Å². The number of aromatic nitrogens is 2. The molecule has 2 aromatic rings. The Morgan fingerprint density at radius 1 is 1.41 bits per heavy atom. The Kier molecular flexibility index (Phi) is 4.70. The molecule has 1 amide bonds. The van der Waals surface area contributed by atoms with Crippen molar-refractivity contribution in [3.8, 4) is 0 Å².